The minimum atomic E-state index is -0.230. The summed E-state index contributed by atoms with van der Waals surface area (Å²) in [5.74, 6) is 1.10. The lowest BCUT2D eigenvalue weighted by atomic mass is 9.73. The number of Topliss-reactive ketones (excluding diaryl/α,β-unsaturated/α-hetero) is 1. The van der Waals surface area contributed by atoms with Crippen LogP contribution in [0.15, 0.2) is 84.1 Å². The summed E-state index contributed by atoms with van der Waals surface area (Å²) in [7, 11) is 0. The molecule has 6 rings (SSSR count). The van der Waals surface area contributed by atoms with Crippen molar-refractivity contribution in [1.29, 1.82) is 0 Å². The lowest BCUT2D eigenvalue weighted by Crippen LogP contribution is -2.36. The molecule has 4 aromatic rings. The van der Waals surface area contributed by atoms with Gasteiger partial charge in [-0.2, -0.15) is 0 Å². The van der Waals surface area contributed by atoms with Gasteiger partial charge in [-0.1, -0.05) is 83.1 Å². The Morgan fingerprint density at radius 3 is 2.39 bits per heavy atom. The zero-order valence-electron chi connectivity index (χ0n) is 22.9. The van der Waals surface area contributed by atoms with Gasteiger partial charge >= 0.3 is 0 Å². The second kappa shape index (κ2) is 8.87. The molecule has 2 heterocycles. The van der Waals surface area contributed by atoms with Gasteiger partial charge in [-0.3, -0.25) is 4.79 Å². The van der Waals surface area contributed by atoms with E-state index in [4.69, 9.17) is 4.98 Å². The number of benzene rings is 3. The fraction of sp³-hybridized carbons (Fsp3) is 0.333. The van der Waals surface area contributed by atoms with Crippen molar-refractivity contribution in [1.82, 2.24) is 9.97 Å². The maximum Gasteiger partial charge on any atom is 0.163 e. The first kappa shape index (κ1) is 24.5. The summed E-state index contributed by atoms with van der Waals surface area (Å²) in [4.78, 5) is 24.7. The van der Waals surface area contributed by atoms with E-state index in [9.17, 15) is 4.79 Å². The van der Waals surface area contributed by atoms with E-state index in [0.717, 1.165) is 51.5 Å². The molecule has 1 aliphatic heterocycles. The molecule has 1 aromatic heterocycles. The van der Waals surface area contributed by atoms with E-state index in [2.05, 4.69) is 104 Å². The highest BCUT2D eigenvalue weighted by Crippen LogP contribution is 2.48. The minimum absolute atomic E-state index is 0.0548. The third kappa shape index (κ3) is 4.40. The number of rotatable bonds is 3. The summed E-state index contributed by atoms with van der Waals surface area (Å²) in [5.41, 5.74) is 8.33. The van der Waals surface area contributed by atoms with Crippen molar-refractivity contribution >= 4 is 28.2 Å². The van der Waals surface area contributed by atoms with E-state index < -0.39 is 0 Å². The average molecular weight is 505 g/mol. The molecule has 3 aromatic carbocycles. The van der Waals surface area contributed by atoms with E-state index in [1.165, 1.54) is 5.56 Å². The number of H-pyrrole nitrogens is 1. The molecule has 38 heavy (non-hydrogen) atoms. The van der Waals surface area contributed by atoms with Gasteiger partial charge < -0.3 is 15.2 Å². The third-order valence-corrected chi connectivity index (χ3v) is 7.86. The lowest BCUT2D eigenvalue weighted by molar-refractivity contribution is -0.118. The molecule has 0 spiro atoms. The van der Waals surface area contributed by atoms with Gasteiger partial charge in [0.2, 0.25) is 0 Å². The van der Waals surface area contributed by atoms with Crippen molar-refractivity contribution in [3.8, 4) is 0 Å². The Labute approximate surface area is 225 Å². The van der Waals surface area contributed by atoms with Crippen molar-refractivity contribution in [3.63, 3.8) is 0 Å². The first-order valence-corrected chi connectivity index (χ1v) is 13.5. The highest BCUT2D eigenvalue weighted by molar-refractivity contribution is 6.01. The van der Waals surface area contributed by atoms with Gasteiger partial charge in [-0.25, -0.2) is 4.98 Å². The standard InChI is InChI=1S/C33H36N4O/c1-32(2,3)22-16-14-21(15-17-22)31-30-26(18-33(4,5)19-28(30)38)34-25-12-8-9-13-27(25)37(31)20-29-35-23-10-6-7-11-24(23)36-29/h6-17,31,34H,18-20H2,1-5H3,(H,35,36)/t31-/m0/s1. The molecule has 1 aliphatic carbocycles. The molecule has 2 N–H and O–H groups in total. The highest BCUT2D eigenvalue weighted by Gasteiger charge is 2.41. The molecular formula is C33H36N4O. The smallest absolute Gasteiger partial charge is 0.163 e. The first-order valence-electron chi connectivity index (χ1n) is 13.5. The fourth-order valence-electron chi connectivity index (χ4n) is 5.98. The Hall–Kier alpha value is -3.86. The predicted octanol–water partition coefficient (Wildman–Crippen LogP) is 7.68. The second-order valence-corrected chi connectivity index (χ2v) is 12.6. The van der Waals surface area contributed by atoms with E-state index in [1.807, 2.05) is 18.2 Å². The number of allylic oxidation sites excluding steroid dienone is 1. The molecule has 0 amide bonds. The van der Waals surface area contributed by atoms with Gasteiger partial charge in [-0.05, 0) is 52.6 Å². The van der Waals surface area contributed by atoms with Gasteiger partial charge in [0.05, 0.1) is 35.0 Å². The number of carbonyl (C=O) groups excluding carboxylic acids is 1. The van der Waals surface area contributed by atoms with Crippen LogP contribution in [0.4, 0.5) is 11.4 Å². The Morgan fingerprint density at radius 2 is 1.66 bits per heavy atom. The number of nitrogens with one attached hydrogen (secondary N) is 2. The number of ketones is 1. The molecule has 194 valence electrons. The van der Waals surface area contributed by atoms with Crippen LogP contribution in [0.1, 0.15) is 70.5 Å². The van der Waals surface area contributed by atoms with Crippen molar-refractivity contribution in [2.24, 2.45) is 5.41 Å². The average Bonchev–Trinajstić information content (AvgIpc) is 3.21. The number of fused-ring (bicyclic) bond motifs is 2. The van der Waals surface area contributed by atoms with Crippen LogP contribution in [0.2, 0.25) is 0 Å². The fourth-order valence-corrected chi connectivity index (χ4v) is 5.98. The van der Waals surface area contributed by atoms with Gasteiger partial charge in [-0.15, -0.1) is 0 Å². The molecule has 0 unspecified atom stereocenters. The SMILES string of the molecule is CC1(C)CC(=O)C2=C(C1)Nc1ccccc1N(Cc1nc3ccccc3[nH]1)[C@H]2c1ccc(C(C)(C)C)cc1. The van der Waals surface area contributed by atoms with Crippen LogP contribution < -0.4 is 10.2 Å². The van der Waals surface area contributed by atoms with Gasteiger partial charge in [0.1, 0.15) is 5.82 Å². The van der Waals surface area contributed by atoms with E-state index in [1.54, 1.807) is 0 Å². The molecule has 0 saturated heterocycles. The monoisotopic (exact) mass is 504 g/mol. The number of hydrogen-bond acceptors (Lipinski definition) is 4. The van der Waals surface area contributed by atoms with E-state index >= 15 is 0 Å². The van der Waals surface area contributed by atoms with Crippen LogP contribution >= 0.6 is 0 Å². The molecule has 0 fully saturated rings. The molecule has 5 heteroatoms. The quantitative estimate of drug-likeness (QED) is 0.300. The Bertz CT molecular complexity index is 1520. The minimum Gasteiger partial charge on any atom is -0.357 e. The normalized spacial score (nSPS) is 19.1. The Morgan fingerprint density at radius 1 is 0.947 bits per heavy atom. The summed E-state index contributed by atoms with van der Waals surface area (Å²) >= 11 is 0. The number of aromatic nitrogens is 2. The largest absolute Gasteiger partial charge is 0.357 e. The maximum absolute atomic E-state index is 13.9. The van der Waals surface area contributed by atoms with Crippen LogP contribution in [-0.4, -0.2) is 15.8 Å². The zero-order valence-corrected chi connectivity index (χ0v) is 22.9. The number of carbonyl (C=O) groups is 1. The number of aromatic amines is 1. The van der Waals surface area contributed by atoms with Crippen LogP contribution in [0.3, 0.4) is 0 Å². The summed E-state index contributed by atoms with van der Waals surface area (Å²) in [6.45, 7) is 11.6. The zero-order chi connectivity index (χ0) is 26.7. The van der Waals surface area contributed by atoms with Crippen molar-refractivity contribution in [2.75, 3.05) is 10.2 Å². The molecule has 0 bridgehead atoms. The molecule has 5 nitrogen and oxygen atoms in total. The molecule has 0 saturated carbocycles. The second-order valence-electron chi connectivity index (χ2n) is 12.6. The van der Waals surface area contributed by atoms with Crippen molar-refractivity contribution < 1.29 is 4.79 Å². The van der Waals surface area contributed by atoms with Crippen LogP contribution in [0.25, 0.3) is 11.0 Å². The summed E-state index contributed by atoms with van der Waals surface area (Å²) in [5, 5.41) is 3.71. The van der Waals surface area contributed by atoms with Crippen LogP contribution in [0, 0.1) is 5.41 Å². The van der Waals surface area contributed by atoms with Crippen molar-refractivity contribution in [3.05, 3.63) is 101 Å². The van der Waals surface area contributed by atoms with E-state index in [0.29, 0.717) is 13.0 Å². The first-order chi connectivity index (χ1) is 18.1. The summed E-state index contributed by atoms with van der Waals surface area (Å²) < 4.78 is 0. The van der Waals surface area contributed by atoms with Crippen molar-refractivity contribution in [2.45, 2.75) is 65.5 Å². The third-order valence-electron chi connectivity index (χ3n) is 7.86. The van der Waals surface area contributed by atoms with Gasteiger partial charge in [0.15, 0.2) is 5.78 Å². The maximum atomic E-state index is 13.9. The number of nitrogens with zero attached hydrogens (tertiary/aromatic N) is 2. The molecule has 1 atom stereocenters. The molecular weight excluding hydrogens is 468 g/mol. The van der Waals surface area contributed by atoms with Crippen LogP contribution in [-0.2, 0) is 16.8 Å². The summed E-state index contributed by atoms with van der Waals surface area (Å²) in [6.07, 6.45) is 1.37. The number of imidazole rings is 1. The van der Waals surface area contributed by atoms with E-state index in [-0.39, 0.29) is 22.7 Å². The molecule has 0 radical (unpaired) electrons. The number of hydrogen-bond donors (Lipinski definition) is 2. The Balaban J connectivity index is 1.55. The lowest BCUT2D eigenvalue weighted by Gasteiger charge is -2.38. The summed E-state index contributed by atoms with van der Waals surface area (Å²) in [6, 6.07) is 25.1. The predicted molar refractivity (Wildman–Crippen MR) is 155 cm³/mol. The highest BCUT2D eigenvalue weighted by atomic mass is 16.1. The molecule has 2 aliphatic rings. The van der Waals surface area contributed by atoms with Gasteiger partial charge in [0.25, 0.3) is 0 Å². The van der Waals surface area contributed by atoms with Crippen LogP contribution in [0.5, 0.6) is 0 Å². The number of anilines is 2. The topological polar surface area (TPSA) is 61.0 Å². The Kier molecular flexibility index (Phi) is 5.71. The van der Waals surface area contributed by atoms with Gasteiger partial charge in [0, 0.05) is 17.7 Å². The number of para-hydroxylation sites is 4.